The van der Waals surface area contributed by atoms with Crippen LogP contribution in [-0.2, 0) is 13.5 Å². The second kappa shape index (κ2) is 3.73. The number of hydrogen-bond acceptors (Lipinski definition) is 3. The standard InChI is InChI=1S/C11H14N4/c1-8-10(12)4-3-9(14-8)7-11-13-5-6-15(11)2/h3-6H,7,12H2,1-2H3. The van der Waals surface area contributed by atoms with Gasteiger partial charge in [-0.05, 0) is 19.1 Å². The lowest BCUT2D eigenvalue weighted by Gasteiger charge is -2.04. The van der Waals surface area contributed by atoms with Gasteiger partial charge in [0.1, 0.15) is 5.82 Å². The van der Waals surface area contributed by atoms with Gasteiger partial charge < -0.3 is 10.3 Å². The zero-order chi connectivity index (χ0) is 10.8. The molecule has 2 rings (SSSR count). The Balaban J connectivity index is 2.25. The van der Waals surface area contributed by atoms with E-state index in [1.165, 1.54) is 0 Å². The van der Waals surface area contributed by atoms with Gasteiger partial charge >= 0.3 is 0 Å². The predicted octanol–water partition coefficient (Wildman–Crippen LogP) is 1.30. The molecular weight excluding hydrogens is 188 g/mol. The lowest BCUT2D eigenvalue weighted by atomic mass is 10.2. The van der Waals surface area contributed by atoms with Crippen LogP contribution in [0.4, 0.5) is 5.69 Å². The molecule has 2 aromatic rings. The molecule has 0 aromatic carbocycles. The Morgan fingerprint density at radius 2 is 2.20 bits per heavy atom. The highest BCUT2D eigenvalue weighted by molar-refractivity contribution is 5.42. The SMILES string of the molecule is Cc1nc(Cc2nccn2C)ccc1N. The Kier molecular flexibility index (Phi) is 2.41. The highest BCUT2D eigenvalue weighted by Crippen LogP contribution is 2.10. The Bertz CT molecular complexity index is 473. The average Bonchev–Trinajstić information content (AvgIpc) is 2.59. The molecule has 0 bridgehead atoms. The molecule has 4 heteroatoms. The summed E-state index contributed by atoms with van der Waals surface area (Å²) < 4.78 is 1.99. The van der Waals surface area contributed by atoms with Crippen molar-refractivity contribution in [3.05, 3.63) is 41.7 Å². The number of aryl methyl sites for hydroxylation is 2. The second-order valence-corrected chi connectivity index (χ2v) is 3.61. The summed E-state index contributed by atoms with van der Waals surface area (Å²) in [5.74, 6) is 1.01. The van der Waals surface area contributed by atoms with E-state index in [-0.39, 0.29) is 0 Å². The minimum atomic E-state index is 0.735. The fraction of sp³-hybridized carbons (Fsp3) is 0.273. The van der Waals surface area contributed by atoms with E-state index in [1.807, 2.05) is 36.9 Å². The molecule has 2 aromatic heterocycles. The predicted molar refractivity (Wildman–Crippen MR) is 59.4 cm³/mol. The summed E-state index contributed by atoms with van der Waals surface area (Å²) in [7, 11) is 1.98. The molecule has 0 spiro atoms. The third-order valence-electron chi connectivity index (χ3n) is 2.44. The topological polar surface area (TPSA) is 56.7 Å². The van der Waals surface area contributed by atoms with E-state index in [0.29, 0.717) is 0 Å². The first kappa shape index (κ1) is 9.71. The van der Waals surface area contributed by atoms with E-state index in [1.54, 1.807) is 6.20 Å². The van der Waals surface area contributed by atoms with E-state index >= 15 is 0 Å². The van der Waals surface area contributed by atoms with Crippen molar-refractivity contribution in [1.29, 1.82) is 0 Å². The van der Waals surface area contributed by atoms with Crippen LogP contribution in [0.25, 0.3) is 0 Å². The van der Waals surface area contributed by atoms with Crippen molar-refractivity contribution < 1.29 is 0 Å². The first-order chi connectivity index (χ1) is 7.16. The molecule has 2 heterocycles. The van der Waals surface area contributed by atoms with E-state index < -0.39 is 0 Å². The number of anilines is 1. The molecule has 2 N–H and O–H groups in total. The molecule has 78 valence electrons. The number of nitrogens with zero attached hydrogens (tertiary/aromatic N) is 3. The highest BCUT2D eigenvalue weighted by Gasteiger charge is 2.03. The van der Waals surface area contributed by atoms with Crippen molar-refractivity contribution in [2.24, 2.45) is 7.05 Å². The third-order valence-corrected chi connectivity index (χ3v) is 2.44. The molecule has 0 saturated carbocycles. The first-order valence-electron chi connectivity index (χ1n) is 4.85. The lowest BCUT2D eigenvalue weighted by Crippen LogP contribution is -2.02. The number of nitrogens with two attached hydrogens (primary N) is 1. The number of imidazole rings is 1. The van der Waals surface area contributed by atoms with Gasteiger partial charge in [0.15, 0.2) is 0 Å². The zero-order valence-electron chi connectivity index (χ0n) is 8.94. The Morgan fingerprint density at radius 3 is 2.80 bits per heavy atom. The molecule has 0 fully saturated rings. The Hall–Kier alpha value is -1.84. The van der Waals surface area contributed by atoms with Crippen LogP contribution in [0.15, 0.2) is 24.5 Å². The summed E-state index contributed by atoms with van der Waals surface area (Å²) in [4.78, 5) is 8.67. The molecule has 0 aliphatic carbocycles. The highest BCUT2D eigenvalue weighted by atomic mass is 15.0. The van der Waals surface area contributed by atoms with Crippen molar-refractivity contribution in [2.75, 3.05) is 5.73 Å². The summed E-state index contributed by atoms with van der Waals surface area (Å²) in [6.07, 6.45) is 4.46. The number of rotatable bonds is 2. The van der Waals surface area contributed by atoms with Crippen molar-refractivity contribution in [1.82, 2.24) is 14.5 Å². The molecule has 15 heavy (non-hydrogen) atoms. The number of pyridine rings is 1. The summed E-state index contributed by atoms with van der Waals surface area (Å²) in [5.41, 5.74) is 8.32. The summed E-state index contributed by atoms with van der Waals surface area (Å²) in [6.45, 7) is 1.91. The minimum absolute atomic E-state index is 0.735. The normalized spacial score (nSPS) is 10.5. The quantitative estimate of drug-likeness (QED) is 0.798. The van der Waals surface area contributed by atoms with Gasteiger partial charge in [-0.3, -0.25) is 4.98 Å². The molecule has 4 nitrogen and oxygen atoms in total. The number of hydrogen-bond donors (Lipinski definition) is 1. The van der Waals surface area contributed by atoms with E-state index in [2.05, 4.69) is 9.97 Å². The molecule has 0 saturated heterocycles. The summed E-state index contributed by atoms with van der Waals surface area (Å²) in [5, 5.41) is 0. The van der Waals surface area contributed by atoms with Crippen LogP contribution in [0.5, 0.6) is 0 Å². The Labute approximate surface area is 88.8 Å². The van der Waals surface area contributed by atoms with Gasteiger partial charge in [0.05, 0.1) is 11.4 Å². The van der Waals surface area contributed by atoms with Gasteiger partial charge in [-0.2, -0.15) is 0 Å². The van der Waals surface area contributed by atoms with Gasteiger partial charge in [-0.15, -0.1) is 0 Å². The van der Waals surface area contributed by atoms with Crippen LogP contribution in [0, 0.1) is 6.92 Å². The number of nitrogen functional groups attached to an aromatic ring is 1. The van der Waals surface area contributed by atoms with Crippen molar-refractivity contribution in [3.63, 3.8) is 0 Å². The molecule has 0 atom stereocenters. The molecule has 0 amide bonds. The first-order valence-corrected chi connectivity index (χ1v) is 4.85. The second-order valence-electron chi connectivity index (χ2n) is 3.61. The zero-order valence-corrected chi connectivity index (χ0v) is 8.94. The van der Waals surface area contributed by atoms with E-state index in [0.717, 1.165) is 29.3 Å². The number of aromatic nitrogens is 3. The van der Waals surface area contributed by atoms with Gasteiger partial charge in [0.2, 0.25) is 0 Å². The third kappa shape index (κ3) is 1.98. The Morgan fingerprint density at radius 1 is 1.40 bits per heavy atom. The molecule has 0 aliphatic heterocycles. The van der Waals surface area contributed by atoms with E-state index in [4.69, 9.17) is 5.73 Å². The smallest absolute Gasteiger partial charge is 0.114 e. The maximum absolute atomic E-state index is 5.71. The van der Waals surface area contributed by atoms with Crippen LogP contribution in [-0.4, -0.2) is 14.5 Å². The molecule has 0 aliphatic rings. The average molecular weight is 202 g/mol. The van der Waals surface area contributed by atoms with Crippen molar-refractivity contribution in [2.45, 2.75) is 13.3 Å². The maximum Gasteiger partial charge on any atom is 0.114 e. The fourth-order valence-electron chi connectivity index (χ4n) is 1.45. The maximum atomic E-state index is 5.71. The largest absolute Gasteiger partial charge is 0.397 e. The van der Waals surface area contributed by atoms with Gasteiger partial charge in [-0.25, -0.2) is 4.98 Å². The molecule has 0 radical (unpaired) electrons. The lowest BCUT2D eigenvalue weighted by molar-refractivity contribution is 0.809. The fourth-order valence-corrected chi connectivity index (χ4v) is 1.45. The molecule has 0 unspecified atom stereocenters. The monoisotopic (exact) mass is 202 g/mol. The van der Waals surface area contributed by atoms with Crippen molar-refractivity contribution >= 4 is 5.69 Å². The van der Waals surface area contributed by atoms with Crippen LogP contribution >= 0.6 is 0 Å². The summed E-state index contributed by atoms with van der Waals surface area (Å²) in [6, 6.07) is 3.83. The minimum Gasteiger partial charge on any atom is -0.397 e. The van der Waals surface area contributed by atoms with Gasteiger partial charge in [-0.1, -0.05) is 0 Å². The molecular formula is C11H14N4. The van der Waals surface area contributed by atoms with Crippen LogP contribution < -0.4 is 5.73 Å². The summed E-state index contributed by atoms with van der Waals surface area (Å²) >= 11 is 0. The van der Waals surface area contributed by atoms with Crippen molar-refractivity contribution in [3.8, 4) is 0 Å². The van der Waals surface area contributed by atoms with Crippen LogP contribution in [0.1, 0.15) is 17.2 Å². The van der Waals surface area contributed by atoms with Crippen LogP contribution in [0.2, 0.25) is 0 Å². The van der Waals surface area contributed by atoms with Crippen LogP contribution in [0.3, 0.4) is 0 Å². The van der Waals surface area contributed by atoms with Gasteiger partial charge in [0, 0.05) is 31.6 Å². The van der Waals surface area contributed by atoms with E-state index in [9.17, 15) is 0 Å². The van der Waals surface area contributed by atoms with Gasteiger partial charge in [0.25, 0.3) is 0 Å².